The number of para-hydroxylation sites is 1. The van der Waals surface area contributed by atoms with Crippen molar-refractivity contribution in [3.63, 3.8) is 0 Å². The van der Waals surface area contributed by atoms with Crippen LogP contribution in [0.2, 0.25) is 0 Å². The predicted molar refractivity (Wildman–Crippen MR) is 126 cm³/mol. The van der Waals surface area contributed by atoms with E-state index in [4.69, 9.17) is 4.74 Å². The Hall–Kier alpha value is -4.56. The van der Waals surface area contributed by atoms with Gasteiger partial charge in [0.05, 0.1) is 22.9 Å². The van der Waals surface area contributed by atoms with Crippen LogP contribution in [0.3, 0.4) is 0 Å². The normalized spacial score (nSPS) is 16.1. The fraction of sp³-hybridized carbons (Fsp3) is 0.318. The number of benzene rings is 1. The summed E-state index contributed by atoms with van der Waals surface area (Å²) in [4.78, 5) is 28.7. The van der Waals surface area contributed by atoms with Crippen molar-refractivity contribution in [3.8, 4) is 11.8 Å². The maximum atomic E-state index is 12.8. The Kier molecular flexibility index (Phi) is 7.60. The maximum absolute atomic E-state index is 12.8. The molecule has 1 saturated heterocycles. The second kappa shape index (κ2) is 11.0. The van der Waals surface area contributed by atoms with Crippen LogP contribution in [0.15, 0.2) is 47.7 Å². The molecule has 1 aliphatic rings. The van der Waals surface area contributed by atoms with Crippen LogP contribution >= 0.6 is 0 Å². The first-order chi connectivity index (χ1) is 17.7. The van der Waals surface area contributed by atoms with Gasteiger partial charge in [-0.2, -0.15) is 33.2 Å². The number of nitrogens with one attached hydrogen (secondary N) is 1. The van der Waals surface area contributed by atoms with E-state index < -0.39 is 35.2 Å². The summed E-state index contributed by atoms with van der Waals surface area (Å²) >= 11 is 0. The van der Waals surface area contributed by atoms with Crippen molar-refractivity contribution in [3.05, 3.63) is 64.0 Å². The van der Waals surface area contributed by atoms with Gasteiger partial charge in [-0.1, -0.05) is 12.1 Å². The van der Waals surface area contributed by atoms with Crippen LogP contribution in [0, 0.1) is 10.1 Å². The maximum Gasteiger partial charge on any atom is 0.422 e. The summed E-state index contributed by atoms with van der Waals surface area (Å²) in [5.41, 5.74) is 2.73. The van der Waals surface area contributed by atoms with E-state index in [2.05, 4.69) is 30.5 Å². The van der Waals surface area contributed by atoms with Crippen LogP contribution in [-0.2, 0) is 0 Å². The molecule has 2 aromatic heterocycles. The van der Waals surface area contributed by atoms with E-state index in [1.807, 2.05) is 17.0 Å². The van der Waals surface area contributed by atoms with Gasteiger partial charge in [0.15, 0.2) is 6.61 Å². The number of phenolic OH excluding ortho intramolecular Hbond substituents is 1. The Balaban J connectivity index is 1.63. The lowest BCUT2D eigenvalue weighted by Gasteiger charge is -2.35. The summed E-state index contributed by atoms with van der Waals surface area (Å²) in [5.74, 6) is -0.762. The second-order valence-electron chi connectivity index (χ2n) is 7.95. The average molecular weight is 518 g/mol. The van der Waals surface area contributed by atoms with E-state index in [9.17, 15) is 28.4 Å². The summed E-state index contributed by atoms with van der Waals surface area (Å²) in [6, 6.07) is 8.55. The lowest BCUT2D eigenvalue weighted by atomic mass is 9.99. The minimum atomic E-state index is -4.61. The third-order valence-corrected chi connectivity index (χ3v) is 5.37. The number of anilines is 2. The molecule has 1 aliphatic heterocycles. The molecule has 1 aromatic carbocycles. The molecule has 3 heterocycles. The van der Waals surface area contributed by atoms with Gasteiger partial charge in [0.2, 0.25) is 11.7 Å². The summed E-state index contributed by atoms with van der Waals surface area (Å²) in [6.45, 7) is -1.08. The number of aromatic hydroxyl groups is 1. The minimum absolute atomic E-state index is 0.0239. The number of rotatable bonds is 8. The number of halogens is 3. The molecule has 3 aromatic rings. The van der Waals surface area contributed by atoms with Gasteiger partial charge in [-0.3, -0.25) is 15.1 Å². The van der Waals surface area contributed by atoms with Crippen molar-refractivity contribution >= 4 is 23.8 Å². The highest BCUT2D eigenvalue weighted by atomic mass is 19.4. The molecule has 1 unspecified atom stereocenters. The molecule has 0 radical (unpaired) electrons. The number of aromatic nitrogens is 4. The number of nitro groups is 1. The number of piperidine rings is 1. The first-order valence-corrected chi connectivity index (χ1v) is 11.1. The van der Waals surface area contributed by atoms with Gasteiger partial charge in [0.25, 0.3) is 5.95 Å². The van der Waals surface area contributed by atoms with Crippen molar-refractivity contribution in [1.82, 2.24) is 19.9 Å². The van der Waals surface area contributed by atoms with Crippen molar-refractivity contribution in [1.29, 1.82) is 0 Å². The lowest BCUT2D eigenvalue weighted by molar-refractivity contribution is -0.385. The highest BCUT2D eigenvalue weighted by molar-refractivity contribution is 5.85. The van der Waals surface area contributed by atoms with E-state index in [1.54, 1.807) is 12.3 Å². The first kappa shape index (κ1) is 25.5. The molecule has 0 spiro atoms. The predicted octanol–water partition coefficient (Wildman–Crippen LogP) is 4.00. The van der Waals surface area contributed by atoms with Crippen molar-refractivity contribution in [2.24, 2.45) is 5.10 Å². The van der Waals surface area contributed by atoms with E-state index in [1.165, 1.54) is 12.1 Å². The van der Waals surface area contributed by atoms with Gasteiger partial charge < -0.3 is 14.7 Å². The molecule has 4 rings (SSSR count). The Bertz CT molecular complexity index is 1280. The molecule has 0 aliphatic carbocycles. The van der Waals surface area contributed by atoms with Gasteiger partial charge in [0, 0.05) is 24.4 Å². The van der Waals surface area contributed by atoms with Crippen LogP contribution in [0.5, 0.6) is 11.8 Å². The number of hydrogen-bond donors (Lipinski definition) is 2. The molecular formula is C22H21F3N8O4. The number of ether oxygens (including phenoxy) is 1. The van der Waals surface area contributed by atoms with Crippen LogP contribution in [0.25, 0.3) is 0 Å². The molecule has 1 atom stereocenters. The smallest absolute Gasteiger partial charge is 0.422 e. The zero-order chi connectivity index (χ0) is 26.4. The molecule has 1 fully saturated rings. The third kappa shape index (κ3) is 6.56. The van der Waals surface area contributed by atoms with Crippen molar-refractivity contribution in [2.45, 2.75) is 31.5 Å². The molecule has 194 valence electrons. The fourth-order valence-corrected chi connectivity index (χ4v) is 3.75. The van der Waals surface area contributed by atoms with Gasteiger partial charge in [-0.15, -0.1) is 0 Å². The zero-order valence-electron chi connectivity index (χ0n) is 19.2. The molecule has 2 N–H and O–H groups in total. The van der Waals surface area contributed by atoms with E-state index in [0.29, 0.717) is 6.54 Å². The highest BCUT2D eigenvalue weighted by Gasteiger charge is 2.31. The van der Waals surface area contributed by atoms with Gasteiger partial charge in [-0.05, 0) is 37.5 Å². The van der Waals surface area contributed by atoms with Crippen molar-refractivity contribution < 1.29 is 27.9 Å². The Morgan fingerprint density at radius 3 is 2.78 bits per heavy atom. The highest BCUT2D eigenvalue weighted by Crippen LogP contribution is 2.33. The molecule has 12 nitrogen and oxygen atoms in total. The average Bonchev–Trinajstić information content (AvgIpc) is 2.88. The molecule has 15 heteroatoms. The molecular weight excluding hydrogens is 497 g/mol. The van der Waals surface area contributed by atoms with Gasteiger partial charge in [-0.25, -0.2) is 5.43 Å². The first-order valence-electron chi connectivity index (χ1n) is 11.1. The minimum Gasteiger partial charge on any atom is -0.502 e. The van der Waals surface area contributed by atoms with Gasteiger partial charge in [0.1, 0.15) is 0 Å². The summed E-state index contributed by atoms with van der Waals surface area (Å²) in [5, 5.41) is 24.9. The fourth-order valence-electron chi connectivity index (χ4n) is 3.75. The topological polar surface area (TPSA) is 152 Å². The van der Waals surface area contributed by atoms with Crippen molar-refractivity contribution in [2.75, 3.05) is 23.5 Å². The Morgan fingerprint density at radius 1 is 1.22 bits per heavy atom. The summed E-state index contributed by atoms with van der Waals surface area (Å²) in [7, 11) is 0. The number of hydrazone groups is 1. The largest absolute Gasteiger partial charge is 0.502 e. The van der Waals surface area contributed by atoms with E-state index >= 15 is 0 Å². The van der Waals surface area contributed by atoms with E-state index in [0.717, 1.165) is 37.2 Å². The number of alkyl halides is 3. The lowest BCUT2D eigenvalue weighted by Crippen LogP contribution is -2.35. The van der Waals surface area contributed by atoms with Crippen LogP contribution in [-0.4, -0.2) is 55.5 Å². The zero-order valence-corrected chi connectivity index (χ0v) is 19.2. The summed E-state index contributed by atoms with van der Waals surface area (Å²) < 4.78 is 43.1. The monoisotopic (exact) mass is 518 g/mol. The third-order valence-electron chi connectivity index (χ3n) is 5.37. The van der Waals surface area contributed by atoms with Crippen LogP contribution in [0.1, 0.15) is 36.6 Å². The summed E-state index contributed by atoms with van der Waals surface area (Å²) in [6.07, 6.45) is 0.579. The number of nitro benzene ring substituents is 1. The molecule has 37 heavy (non-hydrogen) atoms. The van der Waals surface area contributed by atoms with E-state index in [-0.39, 0.29) is 23.5 Å². The standard InChI is InChI=1S/C22H21F3N8O4/c23-22(24,25)13-37-21-29-19(31-27-12-14-6-5-9-17(18(14)34)33(35)36)28-20(30-21)32-11-4-2-8-16(32)15-7-1-3-10-26-15/h1,3,5-7,9-10,12,16,34H,2,4,8,11,13H2,(H,28,29,30,31). The second-order valence-corrected chi connectivity index (χ2v) is 7.95. The van der Waals surface area contributed by atoms with Gasteiger partial charge >= 0.3 is 17.9 Å². The molecule has 0 saturated carbocycles. The molecule has 0 bridgehead atoms. The number of pyridine rings is 1. The number of phenols is 1. The molecule has 0 amide bonds. The number of hydrogen-bond acceptors (Lipinski definition) is 11. The van der Waals surface area contributed by atoms with Crippen LogP contribution < -0.4 is 15.1 Å². The SMILES string of the molecule is O=[N+]([O-])c1cccc(C=NNc2nc(OCC(F)(F)F)nc(N3CCCCC3c3ccccn3)n2)c1O. The Morgan fingerprint density at radius 2 is 2.05 bits per heavy atom. The quantitative estimate of drug-likeness (QED) is 0.254. The Labute approximate surface area is 208 Å². The van der Waals surface area contributed by atoms with Crippen LogP contribution in [0.4, 0.5) is 30.8 Å². The number of nitrogens with zero attached hydrogens (tertiary/aromatic N) is 7.